The van der Waals surface area contributed by atoms with Crippen molar-refractivity contribution in [1.82, 2.24) is 10.2 Å². The van der Waals surface area contributed by atoms with Crippen LogP contribution < -0.4 is 14.8 Å². The molecule has 134 valence electrons. The molecular weight excluding hydrogens is 304 g/mol. The highest BCUT2D eigenvalue weighted by Crippen LogP contribution is 2.22. The van der Waals surface area contributed by atoms with Gasteiger partial charge in [-0.15, -0.1) is 0 Å². The van der Waals surface area contributed by atoms with Crippen molar-refractivity contribution < 1.29 is 14.3 Å². The Bertz CT molecular complexity index is 515. The minimum absolute atomic E-state index is 0.0902. The Morgan fingerprint density at radius 1 is 1.12 bits per heavy atom. The number of carbonyl (C=O) groups excluding carboxylic acids is 1. The normalized spacial score (nSPS) is 21.3. The summed E-state index contributed by atoms with van der Waals surface area (Å²) in [6.45, 7) is 8.70. The maximum atomic E-state index is 12.3. The summed E-state index contributed by atoms with van der Waals surface area (Å²) < 4.78 is 10.4. The summed E-state index contributed by atoms with van der Waals surface area (Å²) in [6.07, 6.45) is 2.29. The molecule has 1 aromatic carbocycles. The first kappa shape index (κ1) is 18.6. The van der Waals surface area contributed by atoms with Crippen molar-refractivity contribution in [3.63, 3.8) is 0 Å². The van der Waals surface area contributed by atoms with Crippen molar-refractivity contribution in [2.45, 2.75) is 26.7 Å². The lowest BCUT2D eigenvalue weighted by molar-refractivity contribution is 0.0946. The Hall–Kier alpha value is -1.75. The van der Waals surface area contributed by atoms with Gasteiger partial charge in [0.05, 0.1) is 14.2 Å². The van der Waals surface area contributed by atoms with E-state index in [4.69, 9.17) is 9.47 Å². The maximum absolute atomic E-state index is 12.3. The van der Waals surface area contributed by atoms with Gasteiger partial charge in [0.15, 0.2) is 0 Å². The predicted molar refractivity (Wildman–Crippen MR) is 95.9 cm³/mol. The Balaban J connectivity index is 1.79. The van der Waals surface area contributed by atoms with Crippen molar-refractivity contribution >= 4 is 5.91 Å². The van der Waals surface area contributed by atoms with Gasteiger partial charge in [-0.25, -0.2) is 0 Å². The van der Waals surface area contributed by atoms with E-state index in [0.29, 0.717) is 23.6 Å². The van der Waals surface area contributed by atoms with Gasteiger partial charge in [-0.05, 0) is 43.4 Å². The summed E-state index contributed by atoms with van der Waals surface area (Å²) in [7, 11) is 3.16. The first-order valence-corrected chi connectivity index (χ1v) is 8.75. The number of amides is 1. The summed E-state index contributed by atoms with van der Waals surface area (Å²) in [6, 6.07) is 5.22. The quantitative estimate of drug-likeness (QED) is 0.779. The van der Waals surface area contributed by atoms with Gasteiger partial charge in [0, 0.05) is 31.3 Å². The lowest BCUT2D eigenvalue weighted by Gasteiger charge is -2.34. The zero-order valence-electron chi connectivity index (χ0n) is 15.3. The summed E-state index contributed by atoms with van der Waals surface area (Å²) in [4.78, 5) is 14.8. The van der Waals surface area contributed by atoms with Crippen LogP contribution in [0.2, 0.25) is 0 Å². The molecule has 1 aliphatic rings. The smallest absolute Gasteiger partial charge is 0.251 e. The van der Waals surface area contributed by atoms with E-state index < -0.39 is 0 Å². The number of piperidine rings is 1. The molecule has 2 rings (SSSR count). The van der Waals surface area contributed by atoms with Crippen molar-refractivity contribution in [3.8, 4) is 11.5 Å². The van der Waals surface area contributed by atoms with E-state index in [1.54, 1.807) is 32.4 Å². The average molecular weight is 334 g/mol. The van der Waals surface area contributed by atoms with Crippen LogP contribution in [-0.2, 0) is 0 Å². The van der Waals surface area contributed by atoms with Gasteiger partial charge in [-0.1, -0.05) is 13.8 Å². The SMILES string of the molecule is COc1cc(OC)cc(C(=O)NCCCN2C[C@@H](C)C[C@H](C)C2)c1. The Morgan fingerprint density at radius 2 is 1.71 bits per heavy atom. The number of hydrogen-bond donors (Lipinski definition) is 1. The van der Waals surface area contributed by atoms with Gasteiger partial charge in [0.2, 0.25) is 0 Å². The highest BCUT2D eigenvalue weighted by Gasteiger charge is 2.21. The highest BCUT2D eigenvalue weighted by atomic mass is 16.5. The van der Waals surface area contributed by atoms with Crippen molar-refractivity contribution in [2.75, 3.05) is 40.4 Å². The molecule has 0 aliphatic carbocycles. The van der Waals surface area contributed by atoms with E-state index in [9.17, 15) is 4.79 Å². The third-order valence-corrected chi connectivity index (χ3v) is 4.49. The molecule has 24 heavy (non-hydrogen) atoms. The van der Waals surface area contributed by atoms with Crippen LogP contribution in [0.3, 0.4) is 0 Å². The highest BCUT2D eigenvalue weighted by molar-refractivity contribution is 5.95. The van der Waals surface area contributed by atoms with Gasteiger partial charge >= 0.3 is 0 Å². The van der Waals surface area contributed by atoms with E-state index in [2.05, 4.69) is 24.1 Å². The molecule has 0 aromatic heterocycles. The predicted octanol–water partition coefficient (Wildman–Crippen LogP) is 2.80. The molecule has 2 atom stereocenters. The molecule has 1 amide bonds. The summed E-state index contributed by atoms with van der Waals surface area (Å²) in [5.41, 5.74) is 0.561. The molecule has 0 spiro atoms. The fourth-order valence-corrected chi connectivity index (χ4v) is 3.52. The summed E-state index contributed by atoms with van der Waals surface area (Å²) >= 11 is 0. The fraction of sp³-hybridized carbons (Fsp3) is 0.632. The molecule has 0 bridgehead atoms. The van der Waals surface area contributed by atoms with Crippen LogP contribution in [0, 0.1) is 11.8 Å². The lowest BCUT2D eigenvalue weighted by Crippen LogP contribution is -2.40. The van der Waals surface area contributed by atoms with Crippen LogP contribution in [-0.4, -0.2) is 51.2 Å². The van der Waals surface area contributed by atoms with Gasteiger partial charge in [0.1, 0.15) is 11.5 Å². The maximum Gasteiger partial charge on any atom is 0.251 e. The Labute approximate surface area is 145 Å². The zero-order valence-corrected chi connectivity index (χ0v) is 15.3. The second-order valence-corrected chi connectivity index (χ2v) is 6.92. The van der Waals surface area contributed by atoms with Crippen LogP contribution in [0.5, 0.6) is 11.5 Å². The lowest BCUT2D eigenvalue weighted by atomic mass is 9.92. The number of ether oxygens (including phenoxy) is 2. The summed E-state index contributed by atoms with van der Waals surface area (Å²) in [5.74, 6) is 2.69. The van der Waals surface area contributed by atoms with E-state index in [1.165, 1.54) is 19.5 Å². The number of methoxy groups -OCH3 is 2. The third-order valence-electron chi connectivity index (χ3n) is 4.49. The first-order chi connectivity index (χ1) is 11.5. The number of nitrogens with one attached hydrogen (secondary N) is 1. The zero-order chi connectivity index (χ0) is 17.5. The van der Waals surface area contributed by atoms with Crippen molar-refractivity contribution in [2.24, 2.45) is 11.8 Å². The number of carbonyl (C=O) groups is 1. The first-order valence-electron chi connectivity index (χ1n) is 8.75. The van der Waals surface area contributed by atoms with Crippen LogP contribution >= 0.6 is 0 Å². The van der Waals surface area contributed by atoms with Gasteiger partial charge in [0.25, 0.3) is 5.91 Å². The molecule has 1 heterocycles. The summed E-state index contributed by atoms with van der Waals surface area (Å²) in [5, 5.41) is 2.99. The molecule has 0 unspecified atom stereocenters. The second kappa shape index (κ2) is 8.92. The molecule has 5 nitrogen and oxygen atoms in total. The molecule has 1 aromatic rings. The molecule has 5 heteroatoms. The molecular formula is C19H30N2O3. The van der Waals surface area contributed by atoms with E-state index in [1.807, 2.05) is 0 Å². The standard InChI is InChI=1S/C19H30N2O3/c1-14-8-15(2)13-21(12-14)7-5-6-20-19(22)16-9-17(23-3)11-18(10-16)24-4/h9-11,14-15H,5-8,12-13H2,1-4H3,(H,20,22)/t14-,15-/m0/s1. The monoisotopic (exact) mass is 334 g/mol. The molecule has 0 radical (unpaired) electrons. The average Bonchev–Trinajstić information content (AvgIpc) is 2.57. The Morgan fingerprint density at radius 3 is 2.25 bits per heavy atom. The molecule has 1 aliphatic heterocycles. The second-order valence-electron chi connectivity index (χ2n) is 6.92. The van der Waals surface area contributed by atoms with Crippen LogP contribution in [0.15, 0.2) is 18.2 Å². The minimum Gasteiger partial charge on any atom is -0.497 e. The number of nitrogens with zero attached hydrogens (tertiary/aromatic N) is 1. The number of hydrogen-bond acceptors (Lipinski definition) is 4. The molecule has 1 saturated heterocycles. The van der Waals surface area contributed by atoms with Crippen molar-refractivity contribution in [1.29, 1.82) is 0 Å². The van der Waals surface area contributed by atoms with E-state index in [0.717, 1.165) is 24.8 Å². The van der Waals surface area contributed by atoms with Gasteiger partial charge in [-0.3, -0.25) is 4.79 Å². The topological polar surface area (TPSA) is 50.8 Å². The minimum atomic E-state index is -0.0902. The Kier molecular flexibility index (Phi) is 6.91. The third kappa shape index (κ3) is 5.41. The van der Waals surface area contributed by atoms with E-state index >= 15 is 0 Å². The van der Waals surface area contributed by atoms with Gasteiger partial charge in [-0.2, -0.15) is 0 Å². The van der Waals surface area contributed by atoms with Crippen LogP contribution in [0.25, 0.3) is 0 Å². The van der Waals surface area contributed by atoms with Gasteiger partial charge < -0.3 is 19.7 Å². The number of rotatable bonds is 7. The van der Waals surface area contributed by atoms with E-state index in [-0.39, 0.29) is 5.91 Å². The van der Waals surface area contributed by atoms with Crippen LogP contribution in [0.1, 0.15) is 37.0 Å². The molecule has 1 N–H and O–H groups in total. The number of likely N-dealkylation sites (tertiary alicyclic amines) is 1. The molecule has 1 fully saturated rings. The van der Waals surface area contributed by atoms with Crippen molar-refractivity contribution in [3.05, 3.63) is 23.8 Å². The largest absolute Gasteiger partial charge is 0.497 e. The van der Waals surface area contributed by atoms with Crippen LogP contribution in [0.4, 0.5) is 0 Å². The number of benzene rings is 1. The molecule has 0 saturated carbocycles. The fourth-order valence-electron chi connectivity index (χ4n) is 3.52.